The van der Waals surface area contributed by atoms with Crippen LogP contribution in [0.15, 0.2) is 35.3 Å². The first-order valence-corrected chi connectivity index (χ1v) is 7.98. The van der Waals surface area contributed by atoms with Gasteiger partial charge in [-0.25, -0.2) is 4.52 Å². The second kappa shape index (κ2) is 6.09. The van der Waals surface area contributed by atoms with Gasteiger partial charge < -0.3 is 15.4 Å². The highest BCUT2D eigenvalue weighted by atomic mass is 16.3. The first-order chi connectivity index (χ1) is 11.5. The van der Waals surface area contributed by atoms with E-state index in [4.69, 9.17) is 0 Å². The molecule has 0 fully saturated rings. The fraction of sp³-hybridized carbons (Fsp3) is 0.353. The summed E-state index contributed by atoms with van der Waals surface area (Å²) in [5, 5.41) is 17.7. The maximum Gasteiger partial charge on any atom is 0.259 e. The number of nitrogens with zero attached hydrogens (tertiary/aromatic N) is 2. The number of carbonyl (C=O) groups excluding carboxylic acids is 1. The highest BCUT2D eigenvalue weighted by Crippen LogP contribution is 2.16. The number of nitrogens with one attached hydrogen (secondary N) is 2. The van der Waals surface area contributed by atoms with Gasteiger partial charge in [0.1, 0.15) is 11.2 Å². The Bertz CT molecular complexity index is 953. The summed E-state index contributed by atoms with van der Waals surface area (Å²) < 4.78 is 1.54. The molecule has 0 bridgehead atoms. The van der Waals surface area contributed by atoms with E-state index >= 15 is 0 Å². The van der Waals surface area contributed by atoms with E-state index < -0.39 is 5.60 Å². The number of amides is 1. The van der Waals surface area contributed by atoms with Crippen LogP contribution in [0.2, 0.25) is 0 Å². The molecule has 2 heterocycles. The van der Waals surface area contributed by atoms with Crippen LogP contribution in [-0.2, 0) is 0 Å². The average Bonchev–Trinajstić information content (AvgIpc) is 3.03. The second-order valence-corrected chi connectivity index (χ2v) is 5.90. The number of aromatic amines is 1. The predicted molar refractivity (Wildman–Crippen MR) is 91.2 cm³/mol. The van der Waals surface area contributed by atoms with Gasteiger partial charge in [-0.15, -0.1) is 0 Å². The maximum absolute atomic E-state index is 12.4. The summed E-state index contributed by atoms with van der Waals surface area (Å²) in [4.78, 5) is 27.4. The van der Waals surface area contributed by atoms with Crippen LogP contribution in [0.25, 0.3) is 16.6 Å². The van der Waals surface area contributed by atoms with Gasteiger partial charge in [0.05, 0.1) is 22.7 Å². The van der Waals surface area contributed by atoms with E-state index in [0.29, 0.717) is 29.4 Å². The predicted octanol–water partition coefficient (Wildman–Crippen LogP) is 1.46. The maximum atomic E-state index is 12.4. The van der Waals surface area contributed by atoms with E-state index in [1.807, 2.05) is 19.9 Å². The largest absolute Gasteiger partial charge is 0.388 e. The summed E-state index contributed by atoms with van der Waals surface area (Å²) in [5.74, 6) is -0.378. The van der Waals surface area contributed by atoms with Crippen LogP contribution in [0.1, 0.15) is 37.0 Å². The number of hydrogen-bond acceptors (Lipinski definition) is 4. The molecule has 0 aliphatic rings. The smallest absolute Gasteiger partial charge is 0.259 e. The molecule has 0 aliphatic carbocycles. The van der Waals surface area contributed by atoms with Crippen molar-refractivity contribution in [2.75, 3.05) is 6.54 Å². The van der Waals surface area contributed by atoms with Gasteiger partial charge in [0.2, 0.25) is 0 Å². The molecule has 0 saturated carbocycles. The van der Waals surface area contributed by atoms with E-state index in [1.54, 1.807) is 18.2 Å². The molecule has 24 heavy (non-hydrogen) atoms. The minimum Gasteiger partial charge on any atom is -0.388 e. The van der Waals surface area contributed by atoms with E-state index in [2.05, 4.69) is 15.4 Å². The molecule has 0 spiro atoms. The summed E-state index contributed by atoms with van der Waals surface area (Å²) >= 11 is 0. The molecule has 0 aliphatic heterocycles. The van der Waals surface area contributed by atoms with Crippen molar-refractivity contribution in [1.82, 2.24) is 19.9 Å². The topological polar surface area (TPSA) is 99.5 Å². The first kappa shape index (κ1) is 16.2. The van der Waals surface area contributed by atoms with Crippen LogP contribution in [0.4, 0.5) is 0 Å². The quantitative estimate of drug-likeness (QED) is 0.660. The molecular formula is C17H20N4O3. The van der Waals surface area contributed by atoms with Crippen molar-refractivity contribution in [3.63, 3.8) is 0 Å². The normalized spacial score (nSPS) is 12.0. The highest BCUT2D eigenvalue weighted by Gasteiger charge is 2.24. The van der Waals surface area contributed by atoms with Gasteiger partial charge in [0.25, 0.3) is 11.5 Å². The summed E-state index contributed by atoms with van der Waals surface area (Å²) in [7, 11) is 0. The lowest BCUT2D eigenvalue weighted by Crippen LogP contribution is -2.42. The Kier molecular flexibility index (Phi) is 4.11. The lowest BCUT2D eigenvalue weighted by molar-refractivity contribution is 0.0314. The molecule has 1 aromatic carbocycles. The van der Waals surface area contributed by atoms with Gasteiger partial charge in [0, 0.05) is 6.54 Å². The molecule has 3 rings (SSSR count). The summed E-state index contributed by atoms with van der Waals surface area (Å²) in [6, 6.07) is 7.07. The van der Waals surface area contributed by atoms with Crippen LogP contribution < -0.4 is 10.9 Å². The molecule has 0 saturated heterocycles. The first-order valence-electron chi connectivity index (χ1n) is 7.98. The van der Waals surface area contributed by atoms with Crippen molar-refractivity contribution in [3.8, 4) is 0 Å². The Labute approximate surface area is 138 Å². The number of aliphatic hydroxyl groups is 1. The third kappa shape index (κ3) is 2.67. The highest BCUT2D eigenvalue weighted by molar-refractivity contribution is 6.00. The third-order valence-corrected chi connectivity index (χ3v) is 4.52. The van der Waals surface area contributed by atoms with Crippen molar-refractivity contribution >= 4 is 22.5 Å². The molecule has 126 valence electrons. The Morgan fingerprint density at radius 3 is 2.75 bits per heavy atom. The van der Waals surface area contributed by atoms with Crippen LogP contribution in [0, 0.1) is 0 Å². The zero-order valence-electron chi connectivity index (χ0n) is 13.7. The zero-order chi connectivity index (χ0) is 17.3. The number of benzene rings is 1. The van der Waals surface area contributed by atoms with Crippen molar-refractivity contribution in [3.05, 3.63) is 46.4 Å². The van der Waals surface area contributed by atoms with E-state index in [9.17, 15) is 14.7 Å². The molecule has 3 N–H and O–H groups in total. The number of hydrogen-bond donors (Lipinski definition) is 3. The molecular weight excluding hydrogens is 308 g/mol. The molecule has 7 nitrogen and oxygen atoms in total. The fourth-order valence-electron chi connectivity index (χ4n) is 2.68. The van der Waals surface area contributed by atoms with Crippen LogP contribution in [-0.4, -0.2) is 37.8 Å². The monoisotopic (exact) mass is 328 g/mol. The molecule has 2 aromatic heterocycles. The van der Waals surface area contributed by atoms with Gasteiger partial charge in [-0.3, -0.25) is 9.59 Å². The minimum absolute atomic E-state index is 0.147. The van der Waals surface area contributed by atoms with E-state index in [1.165, 1.54) is 10.7 Å². The van der Waals surface area contributed by atoms with Crippen molar-refractivity contribution in [2.45, 2.75) is 32.3 Å². The summed E-state index contributed by atoms with van der Waals surface area (Å²) in [6.07, 6.45) is 2.50. The van der Waals surface area contributed by atoms with E-state index in [0.717, 1.165) is 0 Å². The lowest BCUT2D eigenvalue weighted by Gasteiger charge is -2.25. The molecule has 0 atom stereocenters. The van der Waals surface area contributed by atoms with Gasteiger partial charge in [-0.2, -0.15) is 5.10 Å². The number of aromatic nitrogens is 3. The number of rotatable bonds is 5. The van der Waals surface area contributed by atoms with Crippen molar-refractivity contribution < 1.29 is 9.90 Å². The second-order valence-electron chi connectivity index (χ2n) is 5.90. The van der Waals surface area contributed by atoms with Crippen molar-refractivity contribution in [1.29, 1.82) is 0 Å². The van der Waals surface area contributed by atoms with Gasteiger partial charge in [0.15, 0.2) is 0 Å². The zero-order valence-corrected chi connectivity index (χ0v) is 13.7. The minimum atomic E-state index is -0.932. The Balaban J connectivity index is 1.99. The lowest BCUT2D eigenvalue weighted by atomic mass is 9.97. The number of H-pyrrole nitrogens is 1. The molecule has 0 unspecified atom stereocenters. The van der Waals surface area contributed by atoms with Crippen molar-refractivity contribution in [2.24, 2.45) is 0 Å². The van der Waals surface area contributed by atoms with Gasteiger partial charge >= 0.3 is 0 Å². The third-order valence-electron chi connectivity index (χ3n) is 4.52. The van der Waals surface area contributed by atoms with Crippen LogP contribution in [0.3, 0.4) is 0 Å². The number of carbonyl (C=O) groups is 1. The SMILES string of the molecule is CCC(O)(CC)CNC(=O)c1cnn2c1[nH]c(=O)c1ccccc12. The Morgan fingerprint density at radius 1 is 1.33 bits per heavy atom. The Morgan fingerprint density at radius 2 is 2.04 bits per heavy atom. The molecule has 0 radical (unpaired) electrons. The van der Waals surface area contributed by atoms with Gasteiger partial charge in [-0.05, 0) is 25.0 Å². The average molecular weight is 328 g/mol. The Hall–Kier alpha value is -2.67. The van der Waals surface area contributed by atoms with E-state index in [-0.39, 0.29) is 23.6 Å². The molecule has 7 heteroatoms. The van der Waals surface area contributed by atoms with Crippen LogP contribution >= 0.6 is 0 Å². The van der Waals surface area contributed by atoms with Gasteiger partial charge in [-0.1, -0.05) is 26.0 Å². The summed E-state index contributed by atoms with van der Waals surface area (Å²) in [5.41, 5.74) is 0.0407. The van der Waals surface area contributed by atoms with Crippen LogP contribution in [0.5, 0.6) is 0 Å². The fourth-order valence-corrected chi connectivity index (χ4v) is 2.68. The molecule has 3 aromatic rings. The number of fused-ring (bicyclic) bond motifs is 3. The molecule has 1 amide bonds. The standard InChI is InChI=1S/C17H20N4O3/c1-3-17(24,4-2)10-18-15(22)12-9-19-21-13-8-6-5-7-11(13)16(23)20-14(12)21/h5-9,24H,3-4,10H2,1-2H3,(H,18,22)(H,20,23). The summed E-state index contributed by atoms with van der Waals surface area (Å²) in [6.45, 7) is 3.89. The number of para-hydroxylation sites is 1.